The van der Waals surface area contributed by atoms with Crippen molar-refractivity contribution >= 4 is 5.91 Å². The molecular weight excluding hydrogens is 306 g/mol. The lowest BCUT2D eigenvalue weighted by Gasteiger charge is -2.31. The van der Waals surface area contributed by atoms with Gasteiger partial charge in [0.05, 0.1) is 18.6 Å². The average molecular weight is 327 g/mol. The van der Waals surface area contributed by atoms with Crippen molar-refractivity contribution < 1.29 is 13.9 Å². The second kappa shape index (κ2) is 6.26. The van der Waals surface area contributed by atoms with Crippen LogP contribution in [0.2, 0.25) is 0 Å². The highest BCUT2D eigenvalue weighted by Crippen LogP contribution is 2.35. The summed E-state index contributed by atoms with van der Waals surface area (Å²) in [6.45, 7) is 1.53. The standard InChI is InChI=1S/C18H21N3O3/c1-23-15-7-3-2-6-14(15)17-20-19-16(24-17)13-5-4-10-21(11-13)18(22)12-8-9-12/h2-3,6-7,12-13H,4-5,8-11H2,1H3/t13-/m0/s1. The molecule has 1 atom stereocenters. The molecule has 4 rings (SSSR count). The molecule has 2 aliphatic rings. The summed E-state index contributed by atoms with van der Waals surface area (Å²) in [6, 6.07) is 7.59. The van der Waals surface area contributed by atoms with Gasteiger partial charge in [-0.25, -0.2) is 0 Å². The third-order valence-electron chi connectivity index (χ3n) is 4.79. The third-order valence-corrected chi connectivity index (χ3v) is 4.79. The second-order valence-corrected chi connectivity index (χ2v) is 6.54. The lowest BCUT2D eigenvalue weighted by molar-refractivity contribution is -0.133. The van der Waals surface area contributed by atoms with E-state index in [2.05, 4.69) is 10.2 Å². The van der Waals surface area contributed by atoms with Gasteiger partial charge in [0, 0.05) is 19.0 Å². The minimum Gasteiger partial charge on any atom is -0.496 e. The molecule has 0 bridgehead atoms. The van der Waals surface area contributed by atoms with Crippen LogP contribution < -0.4 is 4.74 Å². The highest BCUT2D eigenvalue weighted by Gasteiger charge is 2.36. The van der Waals surface area contributed by atoms with Gasteiger partial charge in [-0.3, -0.25) is 4.79 Å². The number of methoxy groups -OCH3 is 1. The van der Waals surface area contributed by atoms with Gasteiger partial charge < -0.3 is 14.1 Å². The number of amides is 1. The van der Waals surface area contributed by atoms with Crippen molar-refractivity contribution in [2.24, 2.45) is 5.92 Å². The van der Waals surface area contributed by atoms with Crippen molar-refractivity contribution in [3.05, 3.63) is 30.2 Å². The molecule has 2 fully saturated rings. The monoisotopic (exact) mass is 327 g/mol. The molecule has 0 radical (unpaired) electrons. The van der Waals surface area contributed by atoms with Gasteiger partial charge in [0.25, 0.3) is 5.89 Å². The van der Waals surface area contributed by atoms with E-state index in [0.29, 0.717) is 30.0 Å². The van der Waals surface area contributed by atoms with E-state index in [1.807, 2.05) is 29.2 Å². The minimum atomic E-state index is 0.123. The zero-order valence-corrected chi connectivity index (χ0v) is 13.8. The first-order chi connectivity index (χ1) is 11.8. The lowest BCUT2D eigenvalue weighted by Crippen LogP contribution is -2.40. The van der Waals surface area contributed by atoms with Crippen molar-refractivity contribution in [2.45, 2.75) is 31.6 Å². The topological polar surface area (TPSA) is 68.5 Å². The van der Waals surface area contributed by atoms with Crippen molar-refractivity contribution in [2.75, 3.05) is 20.2 Å². The van der Waals surface area contributed by atoms with E-state index in [-0.39, 0.29) is 11.8 Å². The van der Waals surface area contributed by atoms with Crippen molar-refractivity contribution in [3.63, 3.8) is 0 Å². The Balaban J connectivity index is 1.52. The number of piperidine rings is 1. The molecule has 2 aromatic rings. The molecule has 1 aliphatic carbocycles. The average Bonchev–Trinajstić information content (AvgIpc) is 3.37. The molecule has 0 unspecified atom stereocenters. The summed E-state index contributed by atoms with van der Waals surface area (Å²) in [5.41, 5.74) is 0.792. The van der Waals surface area contributed by atoms with E-state index in [0.717, 1.165) is 37.8 Å². The summed E-state index contributed by atoms with van der Waals surface area (Å²) >= 11 is 0. The molecule has 1 aromatic carbocycles. The van der Waals surface area contributed by atoms with Gasteiger partial charge in [0.1, 0.15) is 5.75 Å². The van der Waals surface area contributed by atoms with Gasteiger partial charge in [-0.2, -0.15) is 0 Å². The highest BCUT2D eigenvalue weighted by atomic mass is 16.5. The molecule has 126 valence electrons. The molecule has 6 heteroatoms. The van der Waals surface area contributed by atoms with Gasteiger partial charge in [0.15, 0.2) is 0 Å². The first-order valence-corrected chi connectivity index (χ1v) is 8.52. The van der Waals surface area contributed by atoms with Crippen LogP contribution in [0.4, 0.5) is 0 Å². The Morgan fingerprint density at radius 2 is 2.08 bits per heavy atom. The molecule has 6 nitrogen and oxygen atoms in total. The molecule has 1 aliphatic heterocycles. The molecular formula is C18H21N3O3. The number of ether oxygens (including phenoxy) is 1. The molecule has 1 saturated carbocycles. The summed E-state index contributed by atoms with van der Waals surface area (Å²) in [5.74, 6) is 2.47. The van der Waals surface area contributed by atoms with E-state index in [9.17, 15) is 4.79 Å². The van der Waals surface area contributed by atoms with Gasteiger partial charge in [-0.05, 0) is 37.8 Å². The van der Waals surface area contributed by atoms with Crippen LogP contribution in [0, 0.1) is 5.92 Å². The lowest BCUT2D eigenvalue weighted by atomic mass is 9.97. The molecule has 0 N–H and O–H groups in total. The van der Waals surface area contributed by atoms with E-state index in [4.69, 9.17) is 9.15 Å². The SMILES string of the molecule is COc1ccccc1-c1nnc([C@H]2CCCN(C(=O)C3CC3)C2)o1. The Labute approximate surface area is 140 Å². The fraction of sp³-hybridized carbons (Fsp3) is 0.500. The summed E-state index contributed by atoms with van der Waals surface area (Å²) in [4.78, 5) is 14.3. The van der Waals surface area contributed by atoms with Crippen molar-refractivity contribution in [1.82, 2.24) is 15.1 Å². The number of para-hydroxylation sites is 1. The Bertz CT molecular complexity index is 739. The van der Waals surface area contributed by atoms with E-state index >= 15 is 0 Å². The fourth-order valence-electron chi connectivity index (χ4n) is 3.30. The van der Waals surface area contributed by atoms with Crippen LogP contribution in [-0.4, -0.2) is 41.2 Å². The number of hydrogen-bond acceptors (Lipinski definition) is 5. The Kier molecular flexibility index (Phi) is 3.96. The summed E-state index contributed by atoms with van der Waals surface area (Å²) < 4.78 is 11.3. The number of carbonyl (C=O) groups excluding carboxylic acids is 1. The maximum atomic E-state index is 12.3. The fourth-order valence-corrected chi connectivity index (χ4v) is 3.30. The number of rotatable bonds is 4. The quantitative estimate of drug-likeness (QED) is 0.864. The highest BCUT2D eigenvalue weighted by molar-refractivity contribution is 5.81. The predicted molar refractivity (Wildman–Crippen MR) is 87.6 cm³/mol. The normalized spacial score (nSPS) is 20.9. The Morgan fingerprint density at radius 3 is 2.88 bits per heavy atom. The molecule has 1 aromatic heterocycles. The van der Waals surface area contributed by atoms with E-state index < -0.39 is 0 Å². The number of aromatic nitrogens is 2. The van der Waals surface area contributed by atoms with Crippen LogP contribution in [0.5, 0.6) is 5.75 Å². The molecule has 2 heterocycles. The largest absolute Gasteiger partial charge is 0.496 e. The van der Waals surface area contributed by atoms with Crippen LogP contribution in [-0.2, 0) is 4.79 Å². The molecule has 1 saturated heterocycles. The molecule has 1 amide bonds. The van der Waals surface area contributed by atoms with Crippen LogP contribution in [0.3, 0.4) is 0 Å². The summed E-state index contributed by atoms with van der Waals surface area (Å²) in [7, 11) is 1.62. The summed E-state index contributed by atoms with van der Waals surface area (Å²) in [5, 5.41) is 8.42. The van der Waals surface area contributed by atoms with Crippen molar-refractivity contribution in [3.8, 4) is 17.2 Å². The minimum absolute atomic E-state index is 0.123. The first kappa shape index (κ1) is 15.2. The maximum Gasteiger partial charge on any atom is 0.251 e. The van der Waals surface area contributed by atoms with Crippen LogP contribution in [0.25, 0.3) is 11.5 Å². The Morgan fingerprint density at radius 1 is 1.25 bits per heavy atom. The number of benzene rings is 1. The van der Waals surface area contributed by atoms with Gasteiger partial charge in [-0.15, -0.1) is 10.2 Å². The third kappa shape index (κ3) is 2.88. The second-order valence-electron chi connectivity index (χ2n) is 6.54. The van der Waals surface area contributed by atoms with E-state index in [1.54, 1.807) is 7.11 Å². The number of likely N-dealkylation sites (tertiary alicyclic amines) is 1. The van der Waals surface area contributed by atoms with Gasteiger partial charge >= 0.3 is 0 Å². The van der Waals surface area contributed by atoms with Crippen LogP contribution in [0.15, 0.2) is 28.7 Å². The maximum absolute atomic E-state index is 12.3. The molecule has 24 heavy (non-hydrogen) atoms. The number of nitrogens with zero attached hydrogens (tertiary/aromatic N) is 3. The Hall–Kier alpha value is -2.37. The zero-order chi connectivity index (χ0) is 16.5. The van der Waals surface area contributed by atoms with Gasteiger partial charge in [0.2, 0.25) is 11.8 Å². The number of hydrogen-bond donors (Lipinski definition) is 0. The number of carbonyl (C=O) groups is 1. The molecule has 0 spiro atoms. The predicted octanol–water partition coefficient (Wildman–Crippen LogP) is 2.86. The summed E-state index contributed by atoms with van der Waals surface area (Å²) in [6.07, 6.45) is 4.04. The van der Waals surface area contributed by atoms with E-state index in [1.165, 1.54) is 0 Å². The van der Waals surface area contributed by atoms with Crippen LogP contribution >= 0.6 is 0 Å². The first-order valence-electron chi connectivity index (χ1n) is 8.52. The zero-order valence-electron chi connectivity index (χ0n) is 13.8. The van der Waals surface area contributed by atoms with Crippen LogP contribution in [0.1, 0.15) is 37.5 Å². The van der Waals surface area contributed by atoms with Gasteiger partial charge in [-0.1, -0.05) is 12.1 Å². The van der Waals surface area contributed by atoms with Crippen molar-refractivity contribution in [1.29, 1.82) is 0 Å². The smallest absolute Gasteiger partial charge is 0.251 e.